The van der Waals surface area contributed by atoms with Crippen LogP contribution in [0.2, 0.25) is 0 Å². The van der Waals surface area contributed by atoms with E-state index >= 15 is 0 Å². The Bertz CT molecular complexity index is 628. The number of amides is 1. The summed E-state index contributed by atoms with van der Waals surface area (Å²) in [5.74, 6) is -0.964. The van der Waals surface area contributed by atoms with Crippen LogP contribution in [0.3, 0.4) is 0 Å². The van der Waals surface area contributed by atoms with Gasteiger partial charge in [0.25, 0.3) is 0 Å². The van der Waals surface area contributed by atoms with E-state index in [4.69, 9.17) is 9.84 Å². The van der Waals surface area contributed by atoms with Gasteiger partial charge in [-0.3, -0.25) is 4.79 Å². The molecule has 120 valence electrons. The Morgan fingerprint density at radius 1 is 1.00 bits per heavy atom. The number of alkyl carbamates (subject to hydrolysis) is 1. The molecule has 0 spiro atoms. The fraction of sp³-hybridized carbons (Fsp3) is 0.222. The highest BCUT2D eigenvalue weighted by molar-refractivity contribution is 5.70. The number of hydrogen-bond donors (Lipinski definition) is 2. The van der Waals surface area contributed by atoms with Crippen LogP contribution >= 0.6 is 0 Å². The first-order chi connectivity index (χ1) is 11.1. The molecule has 0 fully saturated rings. The van der Waals surface area contributed by atoms with Crippen LogP contribution in [0.1, 0.15) is 23.7 Å². The molecule has 2 rings (SSSR count). The molecule has 5 nitrogen and oxygen atoms in total. The van der Waals surface area contributed by atoms with E-state index in [1.165, 1.54) is 0 Å². The number of hydrogen-bond acceptors (Lipinski definition) is 3. The fourth-order valence-electron chi connectivity index (χ4n) is 2.17. The van der Waals surface area contributed by atoms with Crippen molar-refractivity contribution >= 4 is 12.1 Å². The van der Waals surface area contributed by atoms with Gasteiger partial charge in [-0.1, -0.05) is 60.7 Å². The largest absolute Gasteiger partial charge is 0.481 e. The molecule has 0 saturated heterocycles. The molecule has 0 radical (unpaired) electrons. The van der Waals surface area contributed by atoms with Crippen molar-refractivity contribution in [3.63, 3.8) is 0 Å². The third kappa shape index (κ3) is 5.82. The van der Waals surface area contributed by atoms with Crippen molar-refractivity contribution in [2.45, 2.75) is 18.9 Å². The van der Waals surface area contributed by atoms with Crippen molar-refractivity contribution < 1.29 is 19.4 Å². The lowest BCUT2D eigenvalue weighted by molar-refractivity contribution is -0.136. The van der Waals surface area contributed by atoms with Gasteiger partial charge in [0.15, 0.2) is 0 Å². The van der Waals surface area contributed by atoms with Gasteiger partial charge in [-0.15, -0.1) is 0 Å². The second-order valence-corrected chi connectivity index (χ2v) is 5.06. The van der Waals surface area contributed by atoms with Gasteiger partial charge in [0.2, 0.25) is 0 Å². The molecule has 2 N–H and O–H groups in total. The molecule has 0 aliphatic carbocycles. The fourth-order valence-corrected chi connectivity index (χ4v) is 2.17. The smallest absolute Gasteiger partial charge is 0.407 e. The van der Waals surface area contributed by atoms with Gasteiger partial charge in [0.05, 0.1) is 6.42 Å². The Morgan fingerprint density at radius 2 is 1.61 bits per heavy atom. The average Bonchev–Trinajstić information content (AvgIpc) is 2.56. The molecule has 5 heteroatoms. The van der Waals surface area contributed by atoms with Gasteiger partial charge < -0.3 is 15.2 Å². The number of ether oxygens (including phenoxy) is 1. The summed E-state index contributed by atoms with van der Waals surface area (Å²) in [4.78, 5) is 22.3. The van der Waals surface area contributed by atoms with Crippen molar-refractivity contribution in [2.75, 3.05) is 6.54 Å². The molecular weight excluding hydrogens is 294 g/mol. The van der Waals surface area contributed by atoms with E-state index < -0.39 is 18.2 Å². The van der Waals surface area contributed by atoms with E-state index in [0.29, 0.717) is 6.42 Å². The lowest BCUT2D eigenvalue weighted by Gasteiger charge is -2.19. The molecule has 2 aromatic rings. The monoisotopic (exact) mass is 313 g/mol. The summed E-state index contributed by atoms with van der Waals surface area (Å²) in [5, 5.41) is 11.0. The maximum Gasteiger partial charge on any atom is 0.407 e. The van der Waals surface area contributed by atoms with E-state index in [-0.39, 0.29) is 13.0 Å². The van der Waals surface area contributed by atoms with E-state index in [2.05, 4.69) is 5.32 Å². The Hall–Kier alpha value is -2.82. The van der Waals surface area contributed by atoms with E-state index in [1.54, 1.807) is 0 Å². The van der Waals surface area contributed by atoms with Crippen LogP contribution < -0.4 is 5.32 Å². The molecule has 1 atom stereocenters. The number of carboxylic acid groups (broad SMARTS) is 1. The highest BCUT2D eigenvalue weighted by Crippen LogP contribution is 2.22. The molecule has 0 heterocycles. The molecular formula is C18H19NO4. The third-order valence-corrected chi connectivity index (χ3v) is 3.29. The topological polar surface area (TPSA) is 75.6 Å². The highest BCUT2D eigenvalue weighted by Gasteiger charge is 2.17. The van der Waals surface area contributed by atoms with Crippen LogP contribution in [0.5, 0.6) is 0 Å². The molecule has 1 unspecified atom stereocenters. The van der Waals surface area contributed by atoms with E-state index in [9.17, 15) is 9.59 Å². The first kappa shape index (κ1) is 16.5. The Morgan fingerprint density at radius 3 is 2.22 bits per heavy atom. The second kappa shape index (κ2) is 8.58. The predicted octanol–water partition coefficient (Wildman–Crippen LogP) is 3.17. The van der Waals surface area contributed by atoms with Crippen molar-refractivity contribution in [3.05, 3.63) is 71.8 Å². The number of rotatable bonds is 7. The maximum atomic E-state index is 11.9. The summed E-state index contributed by atoms with van der Waals surface area (Å²) in [6.07, 6.45) is -0.625. The Balaban J connectivity index is 2.02. The number of nitrogens with one attached hydrogen (secondary N) is 1. The zero-order chi connectivity index (χ0) is 16.5. The van der Waals surface area contributed by atoms with Crippen LogP contribution in [0.25, 0.3) is 0 Å². The van der Waals surface area contributed by atoms with Crippen molar-refractivity contribution in [1.82, 2.24) is 5.32 Å². The quantitative estimate of drug-likeness (QED) is 0.823. The third-order valence-electron chi connectivity index (χ3n) is 3.29. The summed E-state index contributed by atoms with van der Waals surface area (Å²) in [6, 6.07) is 19.2. The Kier molecular flexibility index (Phi) is 6.17. The first-order valence-corrected chi connectivity index (χ1v) is 7.40. The number of carboxylic acids is 1. The lowest BCUT2D eigenvalue weighted by atomic mass is 10.0. The molecule has 2 aromatic carbocycles. The van der Waals surface area contributed by atoms with Crippen molar-refractivity contribution in [1.29, 1.82) is 0 Å². The van der Waals surface area contributed by atoms with Gasteiger partial charge in [-0.05, 0) is 11.1 Å². The van der Waals surface area contributed by atoms with Gasteiger partial charge in [0.1, 0.15) is 6.10 Å². The van der Waals surface area contributed by atoms with Crippen molar-refractivity contribution in [3.8, 4) is 0 Å². The number of carbonyl (C=O) groups is 2. The average molecular weight is 313 g/mol. The standard InChI is InChI=1S/C18H19NO4/c20-17(21)11-12-19-18(22)23-16(15-9-5-2-6-10-15)13-14-7-3-1-4-8-14/h1-10,16H,11-13H2,(H,19,22)(H,20,21). The minimum Gasteiger partial charge on any atom is -0.481 e. The van der Waals surface area contributed by atoms with Crippen LogP contribution in [-0.4, -0.2) is 23.7 Å². The number of aliphatic carboxylic acids is 1. The second-order valence-electron chi connectivity index (χ2n) is 5.06. The first-order valence-electron chi connectivity index (χ1n) is 7.40. The Labute approximate surface area is 134 Å². The minimum absolute atomic E-state index is 0.0427. The minimum atomic E-state index is -0.964. The summed E-state index contributed by atoms with van der Waals surface area (Å²) in [7, 11) is 0. The molecule has 0 saturated carbocycles. The SMILES string of the molecule is O=C(O)CCNC(=O)OC(Cc1ccccc1)c1ccccc1. The molecule has 0 bridgehead atoms. The zero-order valence-corrected chi connectivity index (χ0v) is 12.6. The van der Waals surface area contributed by atoms with E-state index in [0.717, 1.165) is 11.1 Å². The van der Waals surface area contributed by atoms with Gasteiger partial charge in [0, 0.05) is 13.0 Å². The van der Waals surface area contributed by atoms with Crippen LogP contribution in [0, 0.1) is 0 Å². The highest BCUT2D eigenvalue weighted by atomic mass is 16.6. The van der Waals surface area contributed by atoms with Gasteiger partial charge in [-0.25, -0.2) is 4.79 Å². The molecule has 23 heavy (non-hydrogen) atoms. The predicted molar refractivity (Wildman–Crippen MR) is 86.1 cm³/mol. The molecule has 0 aliphatic heterocycles. The zero-order valence-electron chi connectivity index (χ0n) is 12.6. The van der Waals surface area contributed by atoms with Gasteiger partial charge >= 0.3 is 12.1 Å². The molecule has 0 aromatic heterocycles. The van der Waals surface area contributed by atoms with E-state index in [1.807, 2.05) is 60.7 Å². The molecule has 0 aliphatic rings. The molecule has 1 amide bonds. The maximum absolute atomic E-state index is 11.9. The van der Waals surface area contributed by atoms with Crippen molar-refractivity contribution in [2.24, 2.45) is 0 Å². The summed E-state index contributed by atoms with van der Waals surface area (Å²) >= 11 is 0. The van der Waals surface area contributed by atoms with Crippen LogP contribution in [0.4, 0.5) is 4.79 Å². The summed E-state index contributed by atoms with van der Waals surface area (Å²) in [5.41, 5.74) is 1.95. The van der Waals surface area contributed by atoms with Crippen LogP contribution in [0.15, 0.2) is 60.7 Å². The lowest BCUT2D eigenvalue weighted by Crippen LogP contribution is -2.28. The number of benzene rings is 2. The van der Waals surface area contributed by atoms with Gasteiger partial charge in [-0.2, -0.15) is 0 Å². The normalized spacial score (nSPS) is 11.5. The summed E-state index contributed by atoms with van der Waals surface area (Å²) < 4.78 is 5.48. The number of carbonyl (C=O) groups excluding carboxylic acids is 1. The van der Waals surface area contributed by atoms with Crippen LogP contribution in [-0.2, 0) is 16.0 Å². The summed E-state index contributed by atoms with van der Waals surface area (Å²) in [6.45, 7) is 0.0427.